The van der Waals surface area contributed by atoms with Gasteiger partial charge in [0.05, 0.1) is 4.92 Å². The Bertz CT molecular complexity index is 445. The molecule has 1 aliphatic heterocycles. The molecule has 1 aliphatic rings. The van der Waals surface area contributed by atoms with Gasteiger partial charge in [-0.15, -0.1) is 0 Å². The van der Waals surface area contributed by atoms with E-state index in [4.69, 9.17) is 0 Å². The minimum atomic E-state index is -0.546. The SMILES string of the molecule is O=[N+]([O-])c1cc(CCCN2CCNCC2)ccc1O. The van der Waals surface area contributed by atoms with Gasteiger partial charge < -0.3 is 15.3 Å². The van der Waals surface area contributed by atoms with Gasteiger partial charge in [-0.25, -0.2) is 0 Å². The van der Waals surface area contributed by atoms with Crippen molar-refractivity contribution >= 4 is 5.69 Å². The van der Waals surface area contributed by atoms with E-state index >= 15 is 0 Å². The molecule has 1 heterocycles. The Morgan fingerprint density at radius 1 is 1.37 bits per heavy atom. The van der Waals surface area contributed by atoms with Crippen LogP contribution in [0.1, 0.15) is 12.0 Å². The van der Waals surface area contributed by atoms with E-state index in [9.17, 15) is 15.2 Å². The van der Waals surface area contributed by atoms with E-state index in [0.717, 1.165) is 51.1 Å². The van der Waals surface area contributed by atoms with E-state index < -0.39 is 4.92 Å². The first kappa shape index (κ1) is 13.8. The molecule has 0 radical (unpaired) electrons. The fourth-order valence-electron chi connectivity index (χ4n) is 2.31. The van der Waals surface area contributed by atoms with Crippen LogP contribution in [0.2, 0.25) is 0 Å². The Kier molecular flexibility index (Phi) is 4.70. The largest absolute Gasteiger partial charge is 0.502 e. The second-order valence-electron chi connectivity index (χ2n) is 4.78. The second-order valence-corrected chi connectivity index (χ2v) is 4.78. The highest BCUT2D eigenvalue weighted by atomic mass is 16.6. The molecule has 0 amide bonds. The number of nitro benzene ring substituents is 1. The first-order valence-corrected chi connectivity index (χ1v) is 6.56. The predicted octanol–water partition coefficient (Wildman–Crippen LogP) is 1.14. The second kappa shape index (κ2) is 6.49. The molecule has 104 valence electrons. The first-order valence-electron chi connectivity index (χ1n) is 6.56. The van der Waals surface area contributed by atoms with Crippen LogP contribution >= 0.6 is 0 Å². The zero-order valence-corrected chi connectivity index (χ0v) is 10.8. The zero-order chi connectivity index (χ0) is 13.7. The third-order valence-electron chi connectivity index (χ3n) is 3.39. The van der Waals surface area contributed by atoms with Crippen molar-refractivity contribution in [2.75, 3.05) is 32.7 Å². The van der Waals surface area contributed by atoms with Crippen LogP contribution in [0.15, 0.2) is 18.2 Å². The lowest BCUT2D eigenvalue weighted by molar-refractivity contribution is -0.385. The minimum absolute atomic E-state index is 0.209. The number of phenolic OH excluding ortho intramolecular Hbond substituents is 1. The van der Waals surface area contributed by atoms with E-state index in [1.807, 2.05) is 0 Å². The number of nitro groups is 1. The van der Waals surface area contributed by atoms with Crippen LogP contribution in [0.4, 0.5) is 5.69 Å². The summed E-state index contributed by atoms with van der Waals surface area (Å²) in [5, 5.41) is 23.4. The standard InChI is InChI=1S/C13H19N3O3/c17-13-4-3-11(10-12(13)16(18)19)2-1-7-15-8-5-14-6-9-15/h3-4,10,14,17H,1-2,5-9H2. The number of piperazine rings is 1. The van der Waals surface area contributed by atoms with E-state index in [2.05, 4.69) is 10.2 Å². The maximum absolute atomic E-state index is 10.7. The molecule has 1 saturated heterocycles. The van der Waals surface area contributed by atoms with Crippen molar-refractivity contribution in [3.05, 3.63) is 33.9 Å². The molecule has 2 rings (SSSR count). The van der Waals surface area contributed by atoms with Gasteiger partial charge in [-0.2, -0.15) is 0 Å². The molecule has 0 unspecified atom stereocenters. The molecule has 2 N–H and O–H groups in total. The Morgan fingerprint density at radius 3 is 2.79 bits per heavy atom. The summed E-state index contributed by atoms with van der Waals surface area (Å²) < 4.78 is 0. The smallest absolute Gasteiger partial charge is 0.310 e. The molecule has 1 aromatic carbocycles. The molecule has 1 aromatic rings. The number of nitrogens with zero attached hydrogens (tertiary/aromatic N) is 2. The van der Waals surface area contributed by atoms with Gasteiger partial charge in [-0.1, -0.05) is 6.07 Å². The fraction of sp³-hybridized carbons (Fsp3) is 0.538. The molecule has 0 aromatic heterocycles. The van der Waals surface area contributed by atoms with Crippen LogP contribution < -0.4 is 5.32 Å². The number of aromatic hydroxyl groups is 1. The van der Waals surface area contributed by atoms with Crippen molar-refractivity contribution in [1.82, 2.24) is 10.2 Å². The highest BCUT2D eigenvalue weighted by Gasteiger charge is 2.14. The molecule has 19 heavy (non-hydrogen) atoms. The molecular formula is C13H19N3O3. The fourth-order valence-corrected chi connectivity index (χ4v) is 2.31. The number of nitrogens with one attached hydrogen (secondary N) is 1. The summed E-state index contributed by atoms with van der Waals surface area (Å²) >= 11 is 0. The van der Waals surface area contributed by atoms with Gasteiger partial charge in [0.1, 0.15) is 0 Å². The monoisotopic (exact) mass is 265 g/mol. The molecule has 0 spiro atoms. The van der Waals surface area contributed by atoms with Crippen LogP contribution in [-0.4, -0.2) is 47.7 Å². The summed E-state index contributed by atoms with van der Waals surface area (Å²) in [6, 6.07) is 4.62. The van der Waals surface area contributed by atoms with Crippen molar-refractivity contribution < 1.29 is 10.0 Å². The average molecular weight is 265 g/mol. The molecular weight excluding hydrogens is 246 g/mol. The first-order chi connectivity index (χ1) is 9.16. The topological polar surface area (TPSA) is 78.6 Å². The Balaban J connectivity index is 1.85. The lowest BCUT2D eigenvalue weighted by Gasteiger charge is -2.27. The van der Waals surface area contributed by atoms with E-state index in [-0.39, 0.29) is 11.4 Å². The number of hydrogen-bond donors (Lipinski definition) is 2. The van der Waals surface area contributed by atoms with Gasteiger partial charge in [-0.05, 0) is 31.0 Å². The maximum Gasteiger partial charge on any atom is 0.310 e. The average Bonchev–Trinajstić information content (AvgIpc) is 2.41. The maximum atomic E-state index is 10.7. The molecule has 0 atom stereocenters. The molecule has 6 heteroatoms. The molecule has 0 saturated carbocycles. The lowest BCUT2D eigenvalue weighted by atomic mass is 10.1. The number of hydrogen-bond acceptors (Lipinski definition) is 5. The van der Waals surface area contributed by atoms with Crippen molar-refractivity contribution in [1.29, 1.82) is 0 Å². The Labute approximate surface area is 112 Å². The van der Waals surface area contributed by atoms with Crippen LogP contribution in [0.5, 0.6) is 5.75 Å². The van der Waals surface area contributed by atoms with Crippen molar-refractivity contribution in [3.63, 3.8) is 0 Å². The summed E-state index contributed by atoms with van der Waals surface area (Å²) in [6.45, 7) is 5.21. The number of benzene rings is 1. The van der Waals surface area contributed by atoms with Crippen molar-refractivity contribution in [3.8, 4) is 5.75 Å². The summed E-state index contributed by atoms with van der Waals surface area (Å²) in [5.41, 5.74) is 0.694. The van der Waals surface area contributed by atoms with Crippen LogP contribution in [0.25, 0.3) is 0 Å². The summed E-state index contributed by atoms with van der Waals surface area (Å²) in [7, 11) is 0. The summed E-state index contributed by atoms with van der Waals surface area (Å²) in [6.07, 6.45) is 1.77. The number of aryl methyl sites for hydroxylation is 1. The van der Waals surface area contributed by atoms with Crippen LogP contribution in [-0.2, 0) is 6.42 Å². The molecule has 1 fully saturated rings. The van der Waals surface area contributed by atoms with Gasteiger partial charge >= 0.3 is 5.69 Å². The summed E-state index contributed by atoms with van der Waals surface area (Å²) in [4.78, 5) is 12.6. The van der Waals surface area contributed by atoms with Gasteiger partial charge in [0.15, 0.2) is 5.75 Å². The minimum Gasteiger partial charge on any atom is -0.502 e. The highest BCUT2D eigenvalue weighted by Crippen LogP contribution is 2.26. The van der Waals surface area contributed by atoms with Crippen LogP contribution in [0, 0.1) is 10.1 Å². The Hall–Kier alpha value is -1.66. The highest BCUT2D eigenvalue weighted by molar-refractivity contribution is 5.47. The quantitative estimate of drug-likeness (QED) is 0.616. The summed E-state index contributed by atoms with van der Waals surface area (Å²) in [5.74, 6) is -0.268. The van der Waals surface area contributed by atoms with Gasteiger partial charge in [0.25, 0.3) is 0 Å². The molecule has 0 bridgehead atoms. The lowest BCUT2D eigenvalue weighted by Crippen LogP contribution is -2.43. The predicted molar refractivity (Wildman–Crippen MR) is 72.4 cm³/mol. The van der Waals surface area contributed by atoms with Gasteiger partial charge in [0.2, 0.25) is 0 Å². The Morgan fingerprint density at radius 2 is 2.11 bits per heavy atom. The zero-order valence-electron chi connectivity index (χ0n) is 10.8. The van der Waals surface area contributed by atoms with Crippen molar-refractivity contribution in [2.24, 2.45) is 0 Å². The molecule has 0 aliphatic carbocycles. The van der Waals surface area contributed by atoms with E-state index in [1.165, 1.54) is 12.1 Å². The van der Waals surface area contributed by atoms with Gasteiger partial charge in [0, 0.05) is 32.2 Å². The van der Waals surface area contributed by atoms with E-state index in [0.29, 0.717) is 0 Å². The van der Waals surface area contributed by atoms with Crippen molar-refractivity contribution in [2.45, 2.75) is 12.8 Å². The third kappa shape index (κ3) is 3.90. The van der Waals surface area contributed by atoms with E-state index in [1.54, 1.807) is 6.07 Å². The number of phenols is 1. The molecule has 6 nitrogen and oxygen atoms in total. The third-order valence-corrected chi connectivity index (χ3v) is 3.39. The van der Waals surface area contributed by atoms with Crippen LogP contribution in [0.3, 0.4) is 0 Å². The number of rotatable bonds is 5. The normalized spacial score (nSPS) is 16.4. The van der Waals surface area contributed by atoms with Gasteiger partial charge in [-0.3, -0.25) is 10.1 Å².